The van der Waals surface area contributed by atoms with E-state index in [-0.39, 0.29) is 30.1 Å². The first kappa shape index (κ1) is 18.1. The van der Waals surface area contributed by atoms with Crippen LogP contribution in [0.5, 0.6) is 5.88 Å². The van der Waals surface area contributed by atoms with Gasteiger partial charge in [0.25, 0.3) is 5.88 Å². The van der Waals surface area contributed by atoms with Gasteiger partial charge in [0.2, 0.25) is 5.91 Å². The minimum Gasteiger partial charge on any atom is -0.472 e. The summed E-state index contributed by atoms with van der Waals surface area (Å²) in [5, 5.41) is 0. The van der Waals surface area contributed by atoms with Crippen LogP contribution in [0.4, 0.5) is 4.39 Å². The molecule has 1 aromatic heterocycles. The minimum absolute atomic E-state index is 0.0199. The Hall–Kier alpha value is -1.74. The van der Waals surface area contributed by atoms with Crippen molar-refractivity contribution in [2.45, 2.75) is 31.0 Å². The number of hydrogen-bond acceptors (Lipinski definition) is 6. The van der Waals surface area contributed by atoms with Gasteiger partial charge in [-0.1, -0.05) is 0 Å². The van der Waals surface area contributed by atoms with Crippen molar-refractivity contribution in [1.82, 2.24) is 9.88 Å². The van der Waals surface area contributed by atoms with E-state index >= 15 is 0 Å². The van der Waals surface area contributed by atoms with Gasteiger partial charge >= 0.3 is 0 Å². The fourth-order valence-corrected chi connectivity index (χ4v) is 3.72. The number of sulfone groups is 1. The SMILES string of the molecule is CS(=O)(=O)CCC(=O)N1CC2(C[C@H](Oc3ncccc3F)CCO2)C1. The number of nitrogens with zero attached hydrogens (tertiary/aromatic N) is 2. The highest BCUT2D eigenvalue weighted by Crippen LogP contribution is 2.36. The Bertz CT molecular complexity index is 749. The first-order valence-electron chi connectivity index (χ1n) is 8.13. The lowest BCUT2D eigenvalue weighted by Crippen LogP contribution is -2.67. The fourth-order valence-electron chi connectivity index (χ4n) is 3.18. The highest BCUT2D eigenvalue weighted by atomic mass is 32.2. The zero-order valence-corrected chi connectivity index (χ0v) is 14.8. The van der Waals surface area contributed by atoms with Gasteiger partial charge in [-0.05, 0) is 12.1 Å². The molecule has 2 fully saturated rings. The van der Waals surface area contributed by atoms with Crippen LogP contribution < -0.4 is 4.74 Å². The Labute approximate surface area is 146 Å². The van der Waals surface area contributed by atoms with Crippen molar-refractivity contribution in [3.63, 3.8) is 0 Å². The molecule has 1 amide bonds. The predicted octanol–water partition coefficient (Wildman–Crippen LogP) is 0.794. The fraction of sp³-hybridized carbons (Fsp3) is 0.625. The van der Waals surface area contributed by atoms with Crippen molar-refractivity contribution < 1.29 is 27.1 Å². The maximum atomic E-state index is 13.7. The van der Waals surface area contributed by atoms with Gasteiger partial charge in [0, 0.05) is 31.7 Å². The summed E-state index contributed by atoms with van der Waals surface area (Å²) in [6, 6.07) is 2.79. The van der Waals surface area contributed by atoms with Gasteiger partial charge in [0.1, 0.15) is 21.5 Å². The highest BCUT2D eigenvalue weighted by molar-refractivity contribution is 7.90. The van der Waals surface area contributed by atoms with Gasteiger partial charge in [-0.25, -0.2) is 17.8 Å². The third-order valence-corrected chi connectivity index (χ3v) is 5.39. The summed E-state index contributed by atoms with van der Waals surface area (Å²) in [5.41, 5.74) is -0.491. The van der Waals surface area contributed by atoms with Crippen molar-refractivity contribution in [2.75, 3.05) is 31.7 Å². The lowest BCUT2D eigenvalue weighted by atomic mass is 9.84. The normalized spacial score (nSPS) is 22.5. The molecule has 138 valence electrons. The number of likely N-dealkylation sites (tertiary alicyclic amines) is 1. The van der Waals surface area contributed by atoms with E-state index in [1.165, 1.54) is 18.3 Å². The van der Waals surface area contributed by atoms with E-state index in [4.69, 9.17) is 9.47 Å². The number of halogens is 1. The number of ether oxygens (including phenoxy) is 2. The average molecular weight is 372 g/mol. The summed E-state index contributed by atoms with van der Waals surface area (Å²) >= 11 is 0. The second-order valence-electron chi connectivity index (χ2n) is 6.68. The molecule has 0 bridgehead atoms. The Morgan fingerprint density at radius 1 is 1.52 bits per heavy atom. The van der Waals surface area contributed by atoms with Crippen molar-refractivity contribution in [2.24, 2.45) is 0 Å². The molecule has 7 nitrogen and oxygen atoms in total. The van der Waals surface area contributed by atoms with Crippen LogP contribution in [-0.2, 0) is 19.4 Å². The van der Waals surface area contributed by atoms with Crippen LogP contribution in [-0.4, -0.2) is 67.6 Å². The molecule has 0 N–H and O–H groups in total. The maximum Gasteiger partial charge on any atom is 0.250 e. The first-order chi connectivity index (χ1) is 11.8. The van der Waals surface area contributed by atoms with Crippen LogP contribution in [0, 0.1) is 5.82 Å². The van der Waals surface area contributed by atoms with E-state index in [0.29, 0.717) is 32.5 Å². The third-order valence-electron chi connectivity index (χ3n) is 4.45. The third kappa shape index (κ3) is 4.46. The number of hydrogen-bond donors (Lipinski definition) is 0. The maximum absolute atomic E-state index is 13.7. The lowest BCUT2D eigenvalue weighted by molar-refractivity contribution is -0.193. The standard InChI is InChI=1S/C16H21FN2O5S/c1-25(21,22)8-5-14(20)19-10-16(11-19)9-12(4-7-23-16)24-15-13(17)3-2-6-18-15/h2-3,6,12H,4-5,7-11H2,1H3/t12-/m1/s1. The number of carbonyl (C=O) groups excluding carboxylic acids is 1. The molecule has 1 spiro atoms. The summed E-state index contributed by atoms with van der Waals surface area (Å²) in [5.74, 6) is -0.876. The minimum atomic E-state index is -3.16. The van der Waals surface area contributed by atoms with Crippen LogP contribution in [0.1, 0.15) is 19.3 Å². The van der Waals surface area contributed by atoms with Crippen LogP contribution in [0.25, 0.3) is 0 Å². The van der Waals surface area contributed by atoms with Gasteiger partial charge in [0.05, 0.1) is 25.4 Å². The van der Waals surface area contributed by atoms with E-state index in [0.717, 1.165) is 6.26 Å². The molecule has 0 aromatic carbocycles. The molecule has 3 rings (SSSR count). The topological polar surface area (TPSA) is 85.8 Å². The smallest absolute Gasteiger partial charge is 0.250 e. The molecular formula is C16H21FN2O5S. The van der Waals surface area contributed by atoms with E-state index in [2.05, 4.69) is 4.98 Å². The second-order valence-corrected chi connectivity index (χ2v) is 8.94. The van der Waals surface area contributed by atoms with Gasteiger partial charge in [0.15, 0.2) is 5.82 Å². The summed E-state index contributed by atoms with van der Waals surface area (Å²) in [7, 11) is -3.16. The summed E-state index contributed by atoms with van der Waals surface area (Å²) in [6.07, 6.45) is 3.50. The van der Waals surface area contributed by atoms with Gasteiger partial charge in [-0.15, -0.1) is 0 Å². The number of amides is 1. The average Bonchev–Trinajstić information content (AvgIpc) is 2.52. The van der Waals surface area contributed by atoms with Gasteiger partial charge in [-0.3, -0.25) is 4.79 Å². The largest absolute Gasteiger partial charge is 0.472 e. The van der Waals surface area contributed by atoms with Gasteiger partial charge in [-0.2, -0.15) is 0 Å². The molecule has 0 radical (unpaired) electrons. The number of aromatic nitrogens is 1. The highest BCUT2D eigenvalue weighted by Gasteiger charge is 2.49. The predicted molar refractivity (Wildman–Crippen MR) is 87.4 cm³/mol. The Kier molecular flexibility index (Phi) is 4.97. The van der Waals surface area contributed by atoms with E-state index < -0.39 is 21.3 Å². The van der Waals surface area contributed by atoms with E-state index in [1.54, 1.807) is 4.90 Å². The molecule has 2 saturated heterocycles. The first-order valence-corrected chi connectivity index (χ1v) is 10.2. The molecule has 0 aliphatic carbocycles. The molecule has 1 aromatic rings. The van der Waals surface area contributed by atoms with E-state index in [1.807, 2.05) is 0 Å². The number of pyridine rings is 1. The zero-order valence-electron chi connectivity index (χ0n) is 14.0. The van der Waals surface area contributed by atoms with Crippen molar-refractivity contribution in [3.05, 3.63) is 24.1 Å². The summed E-state index contributed by atoms with van der Waals surface area (Å²) in [6.45, 7) is 1.27. The molecule has 2 aliphatic heterocycles. The second kappa shape index (κ2) is 6.87. The quantitative estimate of drug-likeness (QED) is 0.760. The number of rotatable bonds is 5. The van der Waals surface area contributed by atoms with Crippen LogP contribution in [0.15, 0.2) is 18.3 Å². The molecule has 9 heteroatoms. The van der Waals surface area contributed by atoms with Gasteiger partial charge < -0.3 is 14.4 Å². The Morgan fingerprint density at radius 3 is 2.96 bits per heavy atom. The van der Waals surface area contributed by atoms with Crippen LogP contribution >= 0.6 is 0 Å². The van der Waals surface area contributed by atoms with Crippen molar-refractivity contribution >= 4 is 15.7 Å². The monoisotopic (exact) mass is 372 g/mol. The van der Waals surface area contributed by atoms with Crippen molar-refractivity contribution in [1.29, 1.82) is 0 Å². The molecule has 25 heavy (non-hydrogen) atoms. The molecule has 0 saturated carbocycles. The molecular weight excluding hydrogens is 351 g/mol. The number of carbonyl (C=O) groups is 1. The molecule has 1 atom stereocenters. The zero-order chi connectivity index (χ0) is 18.1. The molecule has 3 heterocycles. The van der Waals surface area contributed by atoms with E-state index in [9.17, 15) is 17.6 Å². The van der Waals surface area contributed by atoms with Crippen LogP contribution in [0.3, 0.4) is 0 Å². The van der Waals surface area contributed by atoms with Crippen LogP contribution in [0.2, 0.25) is 0 Å². The molecule has 0 unspecified atom stereocenters. The lowest BCUT2D eigenvalue weighted by Gasteiger charge is -2.52. The Morgan fingerprint density at radius 2 is 2.28 bits per heavy atom. The Balaban J connectivity index is 1.53. The molecule has 2 aliphatic rings. The summed E-state index contributed by atoms with van der Waals surface area (Å²) in [4.78, 5) is 17.5. The summed E-state index contributed by atoms with van der Waals surface area (Å²) < 4.78 is 47.4. The van der Waals surface area contributed by atoms with Crippen molar-refractivity contribution in [3.8, 4) is 5.88 Å².